The van der Waals surface area contributed by atoms with Crippen molar-refractivity contribution >= 4 is 55.4 Å². The van der Waals surface area contributed by atoms with Gasteiger partial charge in [0.2, 0.25) is 0 Å². The van der Waals surface area contributed by atoms with E-state index in [0.29, 0.717) is 42.7 Å². The molecule has 12 nitrogen and oxygen atoms in total. The quantitative estimate of drug-likeness (QED) is 0.122. The maximum absolute atomic E-state index is 12.1. The number of hydrogen-bond donors (Lipinski definition) is 2. The molecule has 0 unspecified atom stereocenters. The first kappa shape index (κ1) is 30.8. The Balaban J connectivity index is 5.00. The van der Waals surface area contributed by atoms with E-state index in [-0.39, 0.29) is 6.61 Å². The second-order valence-corrected chi connectivity index (χ2v) is 13.9. The van der Waals surface area contributed by atoms with Crippen molar-refractivity contribution in [1.29, 1.82) is 0 Å². The number of unbranched alkanes of at least 4 members (excludes halogenated alkanes) is 2. The standard InChI is InChI=1S/C12H20O4.2C4H4O4.CH3.Sn/c1-10(2)6-4-3-5-9-16-12(15)8-7-11(13)14;2*5-3(6)1-2-4(7)8;;/h7-8,10H,3-6,9H2,1-2H3,(H,13,14);2*1-2H,(H,5,6)(H,7,8);1H3;/q;;;;+3/p-3/b8-7+;2*2-1+;;. The van der Waals surface area contributed by atoms with Gasteiger partial charge >= 0.3 is 188 Å². The van der Waals surface area contributed by atoms with Crippen molar-refractivity contribution in [3.8, 4) is 0 Å². The molecule has 0 saturated heterocycles. The van der Waals surface area contributed by atoms with Crippen molar-refractivity contribution in [3.63, 3.8) is 0 Å². The molecule has 0 aliphatic heterocycles. The fourth-order valence-corrected chi connectivity index (χ4v) is 6.25. The summed E-state index contributed by atoms with van der Waals surface area (Å²) in [5.74, 6) is -6.90. The Morgan fingerprint density at radius 1 is 0.676 bits per heavy atom. The molecule has 0 aromatic rings. The summed E-state index contributed by atoms with van der Waals surface area (Å²) in [5, 5.41) is 17.1. The number of aliphatic carboxylic acids is 2. The van der Waals surface area contributed by atoms with Gasteiger partial charge in [-0.05, 0) is 0 Å². The number of carboxylic acid groups (broad SMARTS) is 2. The molecule has 2 N–H and O–H groups in total. The monoisotopic (exact) mass is 592 g/mol. The van der Waals surface area contributed by atoms with Crippen LogP contribution in [0.25, 0.3) is 0 Å². The van der Waals surface area contributed by atoms with E-state index in [4.69, 9.17) is 24.2 Å². The zero-order valence-electron chi connectivity index (χ0n) is 19.1. The Bertz CT molecular complexity index is 803. The van der Waals surface area contributed by atoms with Crippen molar-refractivity contribution in [2.45, 2.75) is 44.5 Å². The van der Waals surface area contributed by atoms with Crippen molar-refractivity contribution < 1.29 is 52.9 Å². The fourth-order valence-electron chi connectivity index (χ4n) is 2.18. The zero-order valence-corrected chi connectivity index (χ0v) is 21.9. The van der Waals surface area contributed by atoms with Gasteiger partial charge in [-0.15, -0.1) is 0 Å². The van der Waals surface area contributed by atoms with Gasteiger partial charge in [0.05, 0.1) is 0 Å². The van der Waals surface area contributed by atoms with Crippen molar-refractivity contribution in [2.75, 3.05) is 6.61 Å². The predicted molar refractivity (Wildman–Crippen MR) is 117 cm³/mol. The average molecular weight is 591 g/mol. The van der Waals surface area contributed by atoms with Crippen LogP contribution in [0.1, 0.15) is 39.5 Å². The molecule has 0 fully saturated rings. The first-order chi connectivity index (χ1) is 15.8. The summed E-state index contributed by atoms with van der Waals surface area (Å²) in [4.78, 5) is 69.4. The van der Waals surface area contributed by atoms with Gasteiger partial charge in [0.25, 0.3) is 0 Å². The van der Waals surface area contributed by atoms with Crippen LogP contribution in [-0.2, 0) is 42.7 Å². The molecule has 0 atom stereocenters. The number of esters is 1. The Kier molecular flexibility index (Phi) is 14.9. The molecule has 0 amide bonds. The van der Waals surface area contributed by atoms with Crippen LogP contribution in [0.4, 0.5) is 0 Å². The molecule has 0 bridgehead atoms. The third-order valence-electron chi connectivity index (χ3n) is 3.61. The third-order valence-corrected chi connectivity index (χ3v) is 8.51. The van der Waals surface area contributed by atoms with Crippen molar-refractivity contribution in [3.05, 3.63) is 36.5 Å². The first-order valence-corrected chi connectivity index (χ1v) is 16.5. The van der Waals surface area contributed by atoms with E-state index in [2.05, 4.69) is 13.8 Å². The molecule has 0 rings (SSSR count). The zero-order chi connectivity index (χ0) is 26.1. The van der Waals surface area contributed by atoms with E-state index >= 15 is 0 Å². The molecule has 0 aliphatic carbocycles. The van der Waals surface area contributed by atoms with Crippen LogP contribution in [0, 0.1) is 5.92 Å². The summed E-state index contributed by atoms with van der Waals surface area (Å²) in [6, 6.07) is 0. The number of carbonyl (C=O) groups is 6. The number of ether oxygens (including phenoxy) is 1. The van der Waals surface area contributed by atoms with Gasteiger partial charge in [0, 0.05) is 0 Å². The molecular formula is C21H28O12Sn. The van der Waals surface area contributed by atoms with Crippen LogP contribution in [0.2, 0.25) is 4.94 Å². The summed E-state index contributed by atoms with van der Waals surface area (Å²) >= 11 is -5.33. The molecule has 0 aromatic carbocycles. The summed E-state index contributed by atoms with van der Waals surface area (Å²) in [5.41, 5.74) is 0. The van der Waals surface area contributed by atoms with Crippen molar-refractivity contribution in [2.24, 2.45) is 5.92 Å². The van der Waals surface area contributed by atoms with E-state index < -0.39 is 55.4 Å². The van der Waals surface area contributed by atoms with E-state index in [1.165, 1.54) is 0 Å². The number of carboxylic acids is 2. The topological polar surface area (TPSA) is 180 Å². The Hall–Kier alpha value is -3.16. The van der Waals surface area contributed by atoms with Crippen LogP contribution >= 0.6 is 0 Å². The minimum atomic E-state index is -5.33. The molecule has 13 heteroatoms. The maximum atomic E-state index is 12.1. The third kappa shape index (κ3) is 17.4. The molecule has 0 aliphatic rings. The summed E-state index contributed by atoms with van der Waals surface area (Å²) in [6.45, 7) is 4.38. The Labute approximate surface area is 201 Å². The number of hydrogen-bond acceptors (Lipinski definition) is 10. The molecule has 0 saturated carbocycles. The second kappa shape index (κ2) is 16.5. The van der Waals surface area contributed by atoms with Crippen LogP contribution in [0.15, 0.2) is 36.5 Å². The molecular weight excluding hydrogens is 563 g/mol. The van der Waals surface area contributed by atoms with Gasteiger partial charge < -0.3 is 0 Å². The van der Waals surface area contributed by atoms with Gasteiger partial charge in [-0.25, -0.2) is 0 Å². The molecule has 188 valence electrons. The molecule has 0 aromatic heterocycles. The van der Waals surface area contributed by atoms with Crippen LogP contribution < -0.4 is 0 Å². The van der Waals surface area contributed by atoms with Crippen LogP contribution in [0.5, 0.6) is 0 Å². The summed E-state index contributed by atoms with van der Waals surface area (Å²) in [7, 11) is 0. The minimum absolute atomic E-state index is 0.161. The first-order valence-electron chi connectivity index (χ1n) is 10.2. The van der Waals surface area contributed by atoms with Crippen LogP contribution in [0.3, 0.4) is 0 Å². The summed E-state index contributed by atoms with van der Waals surface area (Å²) < 4.78 is 19.6. The van der Waals surface area contributed by atoms with Gasteiger partial charge in [0.1, 0.15) is 0 Å². The fraction of sp³-hybridized carbons (Fsp3) is 0.429. The average Bonchev–Trinajstić information content (AvgIpc) is 2.71. The van der Waals surface area contributed by atoms with E-state index in [0.717, 1.165) is 30.3 Å². The Morgan fingerprint density at radius 3 is 1.50 bits per heavy atom. The second-order valence-electron chi connectivity index (χ2n) is 7.21. The molecule has 0 heterocycles. The molecule has 0 radical (unpaired) electrons. The molecule has 34 heavy (non-hydrogen) atoms. The Morgan fingerprint density at radius 2 is 1.09 bits per heavy atom. The SMILES string of the molecule is CC(C)CCCCCOC(=O)/C=C/C(=O)[O][Sn]([CH3])([O]C(=O)/C=C/C(=O)O)[O]C(=O)/C=C/C(=O)O. The van der Waals surface area contributed by atoms with E-state index in [1.807, 2.05) is 0 Å². The van der Waals surface area contributed by atoms with Crippen molar-refractivity contribution in [1.82, 2.24) is 0 Å². The predicted octanol–water partition coefficient (Wildman–Crippen LogP) is 1.78. The van der Waals surface area contributed by atoms with Gasteiger partial charge in [-0.2, -0.15) is 0 Å². The number of rotatable bonds is 15. The van der Waals surface area contributed by atoms with Gasteiger partial charge in [-0.3, -0.25) is 0 Å². The van der Waals surface area contributed by atoms with Crippen LogP contribution in [-0.4, -0.2) is 72.3 Å². The van der Waals surface area contributed by atoms with Gasteiger partial charge in [0.15, 0.2) is 0 Å². The number of carbonyl (C=O) groups excluding carboxylic acids is 4. The van der Waals surface area contributed by atoms with E-state index in [1.54, 1.807) is 0 Å². The molecule has 0 spiro atoms. The normalized spacial score (nSPS) is 11.6. The summed E-state index contributed by atoms with van der Waals surface area (Å²) in [6.07, 6.45) is 6.96. The van der Waals surface area contributed by atoms with E-state index in [9.17, 15) is 28.8 Å². The van der Waals surface area contributed by atoms with Gasteiger partial charge in [-0.1, -0.05) is 13.8 Å².